The van der Waals surface area contributed by atoms with E-state index in [1.165, 1.54) is 0 Å². The number of aromatic nitrogens is 2. The van der Waals surface area contributed by atoms with Gasteiger partial charge in [0.15, 0.2) is 0 Å². The molecule has 1 aliphatic rings. The second kappa shape index (κ2) is 6.56. The first-order valence-electron chi connectivity index (χ1n) is 7.06. The predicted octanol–water partition coefficient (Wildman–Crippen LogP) is 0.378. The lowest BCUT2D eigenvalue weighted by Crippen LogP contribution is -2.56. The number of nitrogens with two attached hydrogens (primary N) is 1. The monoisotopic (exact) mass is 299 g/mol. The van der Waals surface area contributed by atoms with Gasteiger partial charge in [-0.05, 0) is 13.3 Å². The maximum Gasteiger partial charge on any atom is 0.236 e. The van der Waals surface area contributed by atoms with Gasteiger partial charge in [0.2, 0.25) is 5.91 Å². The van der Waals surface area contributed by atoms with Crippen LogP contribution in [0.3, 0.4) is 0 Å². The third kappa shape index (κ3) is 2.97. The molecule has 20 heavy (non-hydrogen) atoms. The standard InChI is InChI=1S/C13H22ClN5O/c1-3-9-12(14)11(19(4-2)17-9)8-18-6-5-16-7-10(18)13(15)20/h10,16H,3-8H2,1-2H3,(H2,15,20). The van der Waals surface area contributed by atoms with Crippen LogP contribution in [-0.2, 0) is 24.3 Å². The summed E-state index contributed by atoms with van der Waals surface area (Å²) in [5.74, 6) is -0.299. The average Bonchev–Trinajstić information content (AvgIpc) is 2.75. The van der Waals surface area contributed by atoms with Gasteiger partial charge in [0.25, 0.3) is 0 Å². The van der Waals surface area contributed by atoms with E-state index in [-0.39, 0.29) is 11.9 Å². The van der Waals surface area contributed by atoms with E-state index in [1.54, 1.807) is 0 Å². The fourth-order valence-electron chi connectivity index (χ4n) is 2.58. The van der Waals surface area contributed by atoms with E-state index in [2.05, 4.69) is 15.3 Å². The van der Waals surface area contributed by atoms with Crippen molar-refractivity contribution in [2.24, 2.45) is 5.73 Å². The fourth-order valence-corrected chi connectivity index (χ4v) is 2.91. The number of piperazine rings is 1. The minimum absolute atomic E-state index is 0.287. The second-order valence-corrected chi connectivity index (χ2v) is 5.35. The van der Waals surface area contributed by atoms with Crippen molar-refractivity contribution < 1.29 is 4.79 Å². The molecular formula is C13H22ClN5O. The molecule has 0 radical (unpaired) electrons. The summed E-state index contributed by atoms with van der Waals surface area (Å²) in [4.78, 5) is 13.6. The van der Waals surface area contributed by atoms with Crippen LogP contribution < -0.4 is 11.1 Å². The summed E-state index contributed by atoms with van der Waals surface area (Å²) in [5.41, 5.74) is 7.36. The van der Waals surface area contributed by atoms with Crippen molar-refractivity contribution >= 4 is 17.5 Å². The maximum atomic E-state index is 11.5. The van der Waals surface area contributed by atoms with Gasteiger partial charge in [-0.2, -0.15) is 5.10 Å². The molecule has 0 saturated carbocycles. The molecule has 1 amide bonds. The molecule has 0 aromatic carbocycles. The highest BCUT2D eigenvalue weighted by Gasteiger charge is 2.28. The van der Waals surface area contributed by atoms with Gasteiger partial charge in [-0.1, -0.05) is 18.5 Å². The first-order chi connectivity index (χ1) is 9.58. The summed E-state index contributed by atoms with van der Waals surface area (Å²) in [6.07, 6.45) is 0.805. The fraction of sp³-hybridized carbons (Fsp3) is 0.692. The number of halogens is 1. The Morgan fingerprint density at radius 2 is 2.30 bits per heavy atom. The van der Waals surface area contributed by atoms with Crippen molar-refractivity contribution in [1.82, 2.24) is 20.0 Å². The van der Waals surface area contributed by atoms with Gasteiger partial charge in [-0.15, -0.1) is 0 Å². The minimum atomic E-state index is -0.299. The number of hydrogen-bond donors (Lipinski definition) is 2. The van der Waals surface area contributed by atoms with Gasteiger partial charge in [0.1, 0.15) is 6.04 Å². The van der Waals surface area contributed by atoms with Crippen molar-refractivity contribution in [3.05, 3.63) is 16.4 Å². The Balaban J connectivity index is 2.23. The molecule has 1 aromatic heterocycles. The normalized spacial score (nSPS) is 20.2. The van der Waals surface area contributed by atoms with Gasteiger partial charge >= 0.3 is 0 Å². The molecule has 7 heteroatoms. The molecule has 1 atom stereocenters. The van der Waals surface area contributed by atoms with Crippen LogP contribution >= 0.6 is 11.6 Å². The third-order valence-electron chi connectivity index (χ3n) is 3.73. The van der Waals surface area contributed by atoms with Gasteiger partial charge in [-0.3, -0.25) is 14.4 Å². The van der Waals surface area contributed by atoms with Gasteiger partial charge in [0, 0.05) is 32.7 Å². The summed E-state index contributed by atoms with van der Waals surface area (Å²) in [6.45, 7) is 7.67. The van der Waals surface area contributed by atoms with E-state index in [4.69, 9.17) is 17.3 Å². The summed E-state index contributed by atoms with van der Waals surface area (Å²) < 4.78 is 1.92. The summed E-state index contributed by atoms with van der Waals surface area (Å²) >= 11 is 6.41. The third-order valence-corrected chi connectivity index (χ3v) is 4.17. The molecule has 1 fully saturated rings. The van der Waals surface area contributed by atoms with Gasteiger partial charge in [0.05, 0.1) is 16.4 Å². The molecule has 1 unspecified atom stereocenters. The van der Waals surface area contributed by atoms with E-state index in [1.807, 2.05) is 18.5 Å². The van der Waals surface area contributed by atoms with Crippen molar-refractivity contribution in [2.75, 3.05) is 19.6 Å². The minimum Gasteiger partial charge on any atom is -0.368 e. The summed E-state index contributed by atoms with van der Waals surface area (Å²) in [5, 5.41) is 8.42. The number of carbonyl (C=O) groups is 1. The Morgan fingerprint density at radius 3 is 2.90 bits per heavy atom. The highest BCUT2D eigenvalue weighted by atomic mass is 35.5. The summed E-state index contributed by atoms with van der Waals surface area (Å²) in [6, 6.07) is -0.287. The molecule has 3 N–H and O–H groups in total. The van der Waals surface area contributed by atoms with Gasteiger partial charge < -0.3 is 11.1 Å². The van der Waals surface area contributed by atoms with Crippen LogP contribution in [0.25, 0.3) is 0 Å². The topological polar surface area (TPSA) is 76.2 Å². The molecule has 1 aliphatic heterocycles. The Bertz CT molecular complexity index is 487. The lowest BCUT2D eigenvalue weighted by molar-refractivity contribution is -0.124. The molecule has 0 spiro atoms. The van der Waals surface area contributed by atoms with Crippen LogP contribution in [0.4, 0.5) is 0 Å². The van der Waals surface area contributed by atoms with E-state index >= 15 is 0 Å². The summed E-state index contributed by atoms with van der Waals surface area (Å²) in [7, 11) is 0. The number of nitrogens with one attached hydrogen (secondary N) is 1. The van der Waals surface area contributed by atoms with Crippen LogP contribution in [0, 0.1) is 0 Å². The van der Waals surface area contributed by atoms with Crippen LogP contribution in [-0.4, -0.2) is 46.3 Å². The largest absolute Gasteiger partial charge is 0.368 e. The number of amides is 1. The zero-order valence-electron chi connectivity index (χ0n) is 12.0. The smallest absolute Gasteiger partial charge is 0.236 e. The molecule has 0 aliphatic carbocycles. The zero-order chi connectivity index (χ0) is 14.7. The number of nitrogens with zero attached hydrogens (tertiary/aromatic N) is 3. The number of aryl methyl sites for hydroxylation is 2. The van der Waals surface area contributed by atoms with Crippen LogP contribution in [0.1, 0.15) is 25.2 Å². The molecule has 0 bridgehead atoms. The zero-order valence-corrected chi connectivity index (χ0v) is 12.8. The lowest BCUT2D eigenvalue weighted by atomic mass is 10.1. The molecule has 2 heterocycles. The molecule has 112 valence electrons. The number of primary amides is 1. The Hall–Kier alpha value is -1.11. The Labute approximate surface area is 124 Å². The van der Waals surface area contributed by atoms with Crippen molar-refractivity contribution in [3.63, 3.8) is 0 Å². The van der Waals surface area contributed by atoms with Gasteiger partial charge in [-0.25, -0.2) is 0 Å². The molecule has 2 rings (SSSR count). The second-order valence-electron chi connectivity index (χ2n) is 4.97. The van der Waals surface area contributed by atoms with Crippen LogP contribution in [0.2, 0.25) is 5.02 Å². The van der Waals surface area contributed by atoms with Crippen LogP contribution in [0.15, 0.2) is 0 Å². The maximum absolute atomic E-state index is 11.5. The Kier molecular flexibility index (Phi) is 5.01. The number of rotatable bonds is 5. The average molecular weight is 300 g/mol. The van der Waals surface area contributed by atoms with E-state index in [0.29, 0.717) is 13.1 Å². The SMILES string of the molecule is CCc1nn(CC)c(CN2CCNCC2C(N)=O)c1Cl. The molecule has 1 saturated heterocycles. The highest BCUT2D eigenvalue weighted by Crippen LogP contribution is 2.24. The van der Waals surface area contributed by atoms with E-state index < -0.39 is 0 Å². The lowest BCUT2D eigenvalue weighted by Gasteiger charge is -2.34. The number of carbonyl (C=O) groups excluding carboxylic acids is 1. The van der Waals surface area contributed by atoms with Crippen molar-refractivity contribution in [1.29, 1.82) is 0 Å². The number of hydrogen-bond acceptors (Lipinski definition) is 4. The van der Waals surface area contributed by atoms with E-state index in [9.17, 15) is 4.79 Å². The first-order valence-corrected chi connectivity index (χ1v) is 7.44. The van der Waals surface area contributed by atoms with Crippen LogP contribution in [0.5, 0.6) is 0 Å². The highest BCUT2D eigenvalue weighted by molar-refractivity contribution is 6.31. The quantitative estimate of drug-likeness (QED) is 0.824. The predicted molar refractivity (Wildman–Crippen MR) is 78.6 cm³/mol. The molecule has 1 aromatic rings. The van der Waals surface area contributed by atoms with Crippen molar-refractivity contribution in [3.8, 4) is 0 Å². The first kappa shape index (κ1) is 15.3. The Morgan fingerprint density at radius 1 is 1.55 bits per heavy atom. The van der Waals surface area contributed by atoms with Crippen molar-refractivity contribution in [2.45, 2.75) is 39.4 Å². The van der Waals surface area contributed by atoms with E-state index in [0.717, 1.165) is 42.5 Å². The molecule has 6 nitrogen and oxygen atoms in total. The molecular weight excluding hydrogens is 278 g/mol.